The molecule has 0 radical (unpaired) electrons. The Morgan fingerprint density at radius 3 is 2.13 bits per heavy atom. The first-order valence-corrected chi connectivity index (χ1v) is 9.80. The van der Waals surface area contributed by atoms with Gasteiger partial charge in [-0.1, -0.05) is 35.4 Å². The van der Waals surface area contributed by atoms with Crippen LogP contribution in [0.1, 0.15) is 32.6 Å². The second-order valence-electron chi connectivity index (χ2n) is 7.31. The Morgan fingerprint density at radius 1 is 0.806 bits per heavy atom. The van der Waals surface area contributed by atoms with Crippen molar-refractivity contribution in [2.45, 2.75) is 27.7 Å². The standard InChI is InChI=1S/C23H27N3O5/c1-14-6-5-7-18(10-14)23(30)25-12-21(29)31-13-20(28)24-11-19(27)26-22-16(3)8-15(2)9-17(22)4/h5-10H,11-13H2,1-4H3,(H,24,28)(H,25,30)(H,26,27). The molecule has 3 N–H and O–H groups in total. The van der Waals surface area contributed by atoms with Gasteiger partial charge in [0.25, 0.3) is 11.8 Å². The molecule has 0 heterocycles. The van der Waals surface area contributed by atoms with Gasteiger partial charge in [-0.2, -0.15) is 0 Å². The Bertz CT molecular complexity index is 977. The first-order valence-electron chi connectivity index (χ1n) is 9.80. The van der Waals surface area contributed by atoms with E-state index in [0.29, 0.717) is 11.3 Å². The van der Waals surface area contributed by atoms with Gasteiger partial charge in [0.15, 0.2) is 6.61 Å². The summed E-state index contributed by atoms with van der Waals surface area (Å²) < 4.78 is 4.82. The van der Waals surface area contributed by atoms with E-state index in [1.165, 1.54) is 0 Å². The third-order valence-corrected chi connectivity index (χ3v) is 4.43. The van der Waals surface area contributed by atoms with Crippen molar-refractivity contribution in [3.05, 3.63) is 64.2 Å². The van der Waals surface area contributed by atoms with E-state index in [2.05, 4.69) is 16.0 Å². The van der Waals surface area contributed by atoms with Gasteiger partial charge >= 0.3 is 5.97 Å². The van der Waals surface area contributed by atoms with Crippen LogP contribution in [0.2, 0.25) is 0 Å². The molecule has 0 atom stereocenters. The number of hydrogen-bond acceptors (Lipinski definition) is 5. The molecular formula is C23H27N3O5. The van der Waals surface area contributed by atoms with Crippen molar-refractivity contribution in [3.8, 4) is 0 Å². The summed E-state index contributed by atoms with van der Waals surface area (Å²) >= 11 is 0. The summed E-state index contributed by atoms with van der Waals surface area (Å²) in [6.07, 6.45) is 0. The third kappa shape index (κ3) is 7.58. The maximum absolute atomic E-state index is 12.1. The van der Waals surface area contributed by atoms with E-state index in [1.54, 1.807) is 18.2 Å². The maximum atomic E-state index is 12.1. The normalized spacial score (nSPS) is 10.2. The molecule has 0 aliphatic heterocycles. The highest BCUT2D eigenvalue weighted by Crippen LogP contribution is 2.21. The van der Waals surface area contributed by atoms with Crippen molar-refractivity contribution >= 4 is 29.4 Å². The van der Waals surface area contributed by atoms with Crippen LogP contribution in [0.15, 0.2) is 36.4 Å². The van der Waals surface area contributed by atoms with E-state index in [4.69, 9.17) is 4.74 Å². The number of nitrogens with one attached hydrogen (secondary N) is 3. The summed E-state index contributed by atoms with van der Waals surface area (Å²) in [5.41, 5.74) is 5.01. The third-order valence-electron chi connectivity index (χ3n) is 4.43. The van der Waals surface area contributed by atoms with Crippen LogP contribution >= 0.6 is 0 Å². The van der Waals surface area contributed by atoms with Crippen molar-refractivity contribution in [2.24, 2.45) is 0 Å². The molecule has 0 aliphatic rings. The number of benzene rings is 2. The number of anilines is 1. The zero-order valence-corrected chi connectivity index (χ0v) is 18.1. The molecule has 0 saturated carbocycles. The van der Waals surface area contributed by atoms with E-state index < -0.39 is 24.4 Å². The molecule has 164 valence electrons. The predicted octanol–water partition coefficient (Wildman–Crippen LogP) is 1.95. The number of hydrogen-bond donors (Lipinski definition) is 3. The fourth-order valence-electron chi connectivity index (χ4n) is 3.03. The minimum Gasteiger partial charge on any atom is -0.454 e. The van der Waals surface area contributed by atoms with Crippen LogP contribution in [0.3, 0.4) is 0 Å². The highest BCUT2D eigenvalue weighted by molar-refractivity contribution is 5.97. The van der Waals surface area contributed by atoms with Crippen LogP contribution in [0.5, 0.6) is 0 Å². The Labute approximate surface area is 181 Å². The summed E-state index contributed by atoms with van der Waals surface area (Å²) in [6.45, 7) is 6.44. The Hall–Kier alpha value is -3.68. The summed E-state index contributed by atoms with van der Waals surface area (Å²) in [7, 11) is 0. The second kappa shape index (κ2) is 10.9. The largest absolute Gasteiger partial charge is 0.454 e. The van der Waals surface area contributed by atoms with Crippen LogP contribution in [-0.2, 0) is 19.1 Å². The van der Waals surface area contributed by atoms with E-state index in [9.17, 15) is 19.2 Å². The summed E-state index contributed by atoms with van der Waals surface area (Å²) in [5.74, 6) is -2.18. The van der Waals surface area contributed by atoms with E-state index in [-0.39, 0.29) is 19.0 Å². The lowest BCUT2D eigenvalue weighted by molar-refractivity contribution is -0.147. The Kier molecular flexibility index (Phi) is 8.31. The summed E-state index contributed by atoms with van der Waals surface area (Å²) in [5, 5.41) is 7.59. The van der Waals surface area contributed by atoms with Crippen LogP contribution in [-0.4, -0.2) is 43.4 Å². The highest BCUT2D eigenvalue weighted by atomic mass is 16.5. The molecule has 31 heavy (non-hydrogen) atoms. The van der Waals surface area contributed by atoms with E-state index >= 15 is 0 Å². The zero-order valence-electron chi connectivity index (χ0n) is 18.1. The van der Waals surface area contributed by atoms with Crippen molar-refractivity contribution in [2.75, 3.05) is 25.0 Å². The number of carbonyl (C=O) groups is 4. The van der Waals surface area contributed by atoms with Crippen LogP contribution in [0, 0.1) is 27.7 Å². The van der Waals surface area contributed by atoms with Crippen LogP contribution in [0.25, 0.3) is 0 Å². The molecule has 0 unspecified atom stereocenters. The monoisotopic (exact) mass is 425 g/mol. The maximum Gasteiger partial charge on any atom is 0.325 e. The molecule has 2 aromatic carbocycles. The second-order valence-corrected chi connectivity index (χ2v) is 7.31. The number of amides is 3. The number of carbonyl (C=O) groups excluding carboxylic acids is 4. The average molecular weight is 425 g/mol. The van der Waals surface area contributed by atoms with Gasteiger partial charge in [0.05, 0.1) is 6.54 Å². The quantitative estimate of drug-likeness (QED) is 0.560. The van der Waals surface area contributed by atoms with Gasteiger partial charge in [-0.25, -0.2) is 0 Å². The molecule has 0 fully saturated rings. The molecule has 0 aromatic heterocycles. The minimum atomic E-state index is -0.758. The molecule has 3 amide bonds. The molecular weight excluding hydrogens is 398 g/mol. The lowest BCUT2D eigenvalue weighted by Crippen LogP contribution is -2.37. The van der Waals surface area contributed by atoms with Gasteiger partial charge in [0.1, 0.15) is 6.54 Å². The number of ether oxygens (including phenoxy) is 1. The number of esters is 1. The fraction of sp³-hybridized carbons (Fsp3) is 0.304. The van der Waals surface area contributed by atoms with Crippen molar-refractivity contribution in [3.63, 3.8) is 0 Å². The fourth-order valence-corrected chi connectivity index (χ4v) is 3.03. The number of rotatable bonds is 8. The zero-order chi connectivity index (χ0) is 23.0. The molecule has 8 nitrogen and oxygen atoms in total. The van der Waals surface area contributed by atoms with Crippen molar-refractivity contribution in [1.29, 1.82) is 0 Å². The highest BCUT2D eigenvalue weighted by Gasteiger charge is 2.13. The van der Waals surface area contributed by atoms with Crippen molar-refractivity contribution in [1.82, 2.24) is 10.6 Å². The average Bonchev–Trinajstić information content (AvgIpc) is 2.71. The topological polar surface area (TPSA) is 114 Å². The van der Waals surface area contributed by atoms with Gasteiger partial charge in [-0.3, -0.25) is 19.2 Å². The SMILES string of the molecule is Cc1cccc(C(=O)NCC(=O)OCC(=O)NCC(=O)Nc2c(C)cc(C)cc2C)c1. The Balaban J connectivity index is 1.70. The van der Waals surface area contributed by atoms with E-state index in [0.717, 1.165) is 22.3 Å². The molecule has 8 heteroatoms. The molecule has 0 spiro atoms. The predicted molar refractivity (Wildman–Crippen MR) is 117 cm³/mol. The van der Waals surface area contributed by atoms with Gasteiger partial charge in [-0.05, 0) is 51.0 Å². The van der Waals surface area contributed by atoms with E-state index in [1.807, 2.05) is 45.9 Å². The van der Waals surface area contributed by atoms with Gasteiger partial charge in [0.2, 0.25) is 5.91 Å². The van der Waals surface area contributed by atoms with Gasteiger partial charge in [0, 0.05) is 11.3 Å². The summed E-state index contributed by atoms with van der Waals surface area (Å²) in [6, 6.07) is 10.8. The Morgan fingerprint density at radius 2 is 1.48 bits per heavy atom. The van der Waals surface area contributed by atoms with Crippen LogP contribution < -0.4 is 16.0 Å². The smallest absolute Gasteiger partial charge is 0.325 e. The first-order chi connectivity index (χ1) is 14.7. The molecule has 2 aromatic rings. The van der Waals surface area contributed by atoms with Gasteiger partial charge < -0.3 is 20.7 Å². The van der Waals surface area contributed by atoms with Gasteiger partial charge in [-0.15, -0.1) is 0 Å². The molecule has 2 rings (SSSR count). The molecule has 0 aliphatic carbocycles. The molecule has 0 saturated heterocycles. The summed E-state index contributed by atoms with van der Waals surface area (Å²) in [4.78, 5) is 47.7. The lowest BCUT2D eigenvalue weighted by Gasteiger charge is -2.13. The molecule has 0 bridgehead atoms. The minimum absolute atomic E-state index is 0.257. The lowest BCUT2D eigenvalue weighted by atomic mass is 10.1. The van der Waals surface area contributed by atoms with Crippen molar-refractivity contribution < 1.29 is 23.9 Å². The first kappa shape index (κ1) is 23.6. The number of aryl methyl sites for hydroxylation is 4. The van der Waals surface area contributed by atoms with Crippen LogP contribution in [0.4, 0.5) is 5.69 Å².